The number of hydrogen-bond acceptors (Lipinski definition) is 5. The maximum Gasteiger partial charge on any atom is 0.341 e. The van der Waals surface area contributed by atoms with Gasteiger partial charge in [0.15, 0.2) is 0 Å². The molecule has 2 aromatic rings. The van der Waals surface area contributed by atoms with Crippen molar-refractivity contribution in [3.8, 4) is 0 Å². The van der Waals surface area contributed by atoms with Gasteiger partial charge in [-0.3, -0.25) is 9.69 Å². The molecule has 1 aromatic carbocycles. The van der Waals surface area contributed by atoms with E-state index in [4.69, 9.17) is 9.15 Å². The summed E-state index contributed by atoms with van der Waals surface area (Å²) >= 11 is 0. The number of likely N-dealkylation sites (N-methyl/N-ethyl adjacent to an activating group) is 1. The predicted molar refractivity (Wildman–Crippen MR) is 103 cm³/mol. The molecular weight excluding hydrogens is 344 g/mol. The highest BCUT2D eigenvalue weighted by atomic mass is 16.5. The van der Waals surface area contributed by atoms with E-state index in [-0.39, 0.29) is 11.9 Å². The quantitative estimate of drug-likeness (QED) is 0.757. The summed E-state index contributed by atoms with van der Waals surface area (Å²) in [5.74, 6) is 0.809. The molecule has 0 N–H and O–H groups in total. The van der Waals surface area contributed by atoms with Gasteiger partial charge in [0.2, 0.25) is 5.91 Å². The van der Waals surface area contributed by atoms with Crippen molar-refractivity contribution in [2.75, 3.05) is 25.6 Å². The molecule has 1 unspecified atom stereocenters. The zero-order valence-corrected chi connectivity index (χ0v) is 16.3. The molecule has 0 aliphatic carbocycles. The molecule has 0 radical (unpaired) electrons. The molecular formula is C21H26N2O4. The van der Waals surface area contributed by atoms with Gasteiger partial charge >= 0.3 is 5.97 Å². The summed E-state index contributed by atoms with van der Waals surface area (Å²) in [5, 5.41) is 0. The van der Waals surface area contributed by atoms with E-state index in [0.29, 0.717) is 23.6 Å². The lowest BCUT2D eigenvalue weighted by Gasteiger charge is -2.34. The van der Waals surface area contributed by atoms with Crippen molar-refractivity contribution in [2.45, 2.75) is 39.3 Å². The smallest absolute Gasteiger partial charge is 0.341 e. The number of nitrogens with zero attached hydrogens (tertiary/aromatic N) is 2. The minimum Gasteiger partial charge on any atom is -0.465 e. The van der Waals surface area contributed by atoms with Crippen molar-refractivity contribution in [3.63, 3.8) is 0 Å². The van der Waals surface area contributed by atoms with Crippen molar-refractivity contribution in [1.29, 1.82) is 0 Å². The van der Waals surface area contributed by atoms with Crippen LogP contribution in [0.15, 0.2) is 34.7 Å². The van der Waals surface area contributed by atoms with Gasteiger partial charge in [-0.05, 0) is 51.4 Å². The normalized spacial score (nSPS) is 14.8. The average molecular weight is 370 g/mol. The number of anilines is 1. The minimum atomic E-state index is -0.417. The Labute approximate surface area is 159 Å². The third-order valence-electron chi connectivity index (χ3n) is 5.17. The van der Waals surface area contributed by atoms with E-state index in [1.165, 1.54) is 12.7 Å². The second-order valence-corrected chi connectivity index (χ2v) is 6.99. The maximum absolute atomic E-state index is 13.1. The zero-order chi connectivity index (χ0) is 19.6. The number of fused-ring (bicyclic) bond motifs is 1. The molecule has 0 bridgehead atoms. The van der Waals surface area contributed by atoms with Crippen molar-refractivity contribution in [2.24, 2.45) is 0 Å². The van der Waals surface area contributed by atoms with Crippen LogP contribution in [0.4, 0.5) is 5.69 Å². The van der Waals surface area contributed by atoms with Crippen LogP contribution < -0.4 is 4.90 Å². The van der Waals surface area contributed by atoms with E-state index in [2.05, 4.69) is 6.07 Å². The number of furan rings is 1. The van der Waals surface area contributed by atoms with Crippen LogP contribution >= 0.6 is 0 Å². The van der Waals surface area contributed by atoms with E-state index >= 15 is 0 Å². The molecule has 2 heterocycles. The van der Waals surface area contributed by atoms with Crippen LogP contribution in [0.2, 0.25) is 0 Å². The fourth-order valence-electron chi connectivity index (χ4n) is 3.49. The Morgan fingerprint density at radius 3 is 2.81 bits per heavy atom. The van der Waals surface area contributed by atoms with Crippen LogP contribution in [0.3, 0.4) is 0 Å². The molecule has 3 rings (SSSR count). The number of amides is 1. The number of methoxy groups -OCH3 is 1. The monoisotopic (exact) mass is 370 g/mol. The molecule has 1 aromatic heterocycles. The third-order valence-corrected chi connectivity index (χ3v) is 5.17. The molecule has 0 spiro atoms. The maximum atomic E-state index is 13.1. The third kappa shape index (κ3) is 3.90. The highest BCUT2D eigenvalue weighted by Gasteiger charge is 2.29. The van der Waals surface area contributed by atoms with Gasteiger partial charge in [-0.15, -0.1) is 0 Å². The lowest BCUT2D eigenvalue weighted by Crippen LogP contribution is -2.47. The Balaban J connectivity index is 1.72. The topological polar surface area (TPSA) is 63.0 Å². The van der Waals surface area contributed by atoms with Crippen molar-refractivity contribution in [3.05, 3.63) is 53.0 Å². The van der Waals surface area contributed by atoms with Crippen molar-refractivity contribution < 1.29 is 18.7 Å². The van der Waals surface area contributed by atoms with Crippen LogP contribution in [-0.2, 0) is 22.5 Å². The first-order valence-electron chi connectivity index (χ1n) is 9.19. The summed E-state index contributed by atoms with van der Waals surface area (Å²) in [5.41, 5.74) is 2.65. The lowest BCUT2D eigenvalue weighted by molar-refractivity contribution is -0.123. The Bertz CT molecular complexity index is 842. The van der Waals surface area contributed by atoms with E-state index < -0.39 is 5.97 Å². The van der Waals surface area contributed by atoms with Gasteiger partial charge < -0.3 is 14.1 Å². The van der Waals surface area contributed by atoms with Crippen LogP contribution in [0.1, 0.15) is 40.8 Å². The van der Waals surface area contributed by atoms with E-state index in [9.17, 15) is 9.59 Å². The molecule has 6 nitrogen and oxygen atoms in total. The van der Waals surface area contributed by atoms with Crippen molar-refractivity contribution >= 4 is 17.6 Å². The summed E-state index contributed by atoms with van der Waals surface area (Å²) < 4.78 is 10.4. The number of ether oxygens (including phenoxy) is 1. The zero-order valence-electron chi connectivity index (χ0n) is 16.3. The molecule has 144 valence electrons. The Morgan fingerprint density at radius 1 is 1.33 bits per heavy atom. The number of carbonyl (C=O) groups is 2. The number of hydrogen-bond donors (Lipinski definition) is 0. The molecule has 27 heavy (non-hydrogen) atoms. The molecule has 1 aliphatic rings. The summed E-state index contributed by atoms with van der Waals surface area (Å²) in [7, 11) is 3.23. The summed E-state index contributed by atoms with van der Waals surface area (Å²) in [6.07, 6.45) is 1.98. The van der Waals surface area contributed by atoms with Crippen LogP contribution in [0.25, 0.3) is 0 Å². The van der Waals surface area contributed by atoms with Gasteiger partial charge in [0.05, 0.1) is 19.7 Å². The fourth-order valence-corrected chi connectivity index (χ4v) is 3.49. The first-order chi connectivity index (χ1) is 12.9. The van der Waals surface area contributed by atoms with E-state index in [1.54, 1.807) is 13.0 Å². The first-order valence-corrected chi connectivity index (χ1v) is 9.19. The minimum absolute atomic E-state index is 0.0705. The molecule has 1 atom stereocenters. The Morgan fingerprint density at radius 2 is 2.07 bits per heavy atom. The molecule has 0 fully saturated rings. The van der Waals surface area contributed by atoms with Crippen LogP contribution in [-0.4, -0.2) is 43.5 Å². The van der Waals surface area contributed by atoms with Crippen LogP contribution in [0, 0.1) is 6.92 Å². The van der Waals surface area contributed by atoms with Gasteiger partial charge in [-0.1, -0.05) is 18.2 Å². The number of carbonyl (C=O) groups excluding carboxylic acids is 2. The second-order valence-electron chi connectivity index (χ2n) is 6.99. The van der Waals surface area contributed by atoms with Crippen LogP contribution in [0.5, 0.6) is 0 Å². The number of rotatable bonds is 5. The largest absolute Gasteiger partial charge is 0.465 e. The number of esters is 1. The SMILES string of the molecule is COC(=O)c1cc(CN(C)C(C)C(=O)N2CCCc3ccccc32)oc1C. The van der Waals surface area contributed by atoms with Gasteiger partial charge in [-0.25, -0.2) is 4.79 Å². The number of aryl methyl sites for hydroxylation is 2. The summed E-state index contributed by atoms with van der Waals surface area (Å²) in [6.45, 7) is 4.80. The average Bonchev–Trinajstić information content (AvgIpc) is 3.05. The second kappa shape index (κ2) is 7.96. The van der Waals surface area contributed by atoms with Crippen molar-refractivity contribution in [1.82, 2.24) is 4.90 Å². The van der Waals surface area contributed by atoms with E-state index in [0.717, 1.165) is 25.1 Å². The lowest BCUT2D eigenvalue weighted by atomic mass is 10.0. The fraction of sp³-hybridized carbons (Fsp3) is 0.429. The van der Waals surface area contributed by atoms with Gasteiger partial charge in [0.1, 0.15) is 17.1 Å². The van der Waals surface area contributed by atoms with Gasteiger partial charge in [0, 0.05) is 12.2 Å². The molecule has 0 saturated heterocycles. The number of para-hydroxylation sites is 1. The molecule has 0 saturated carbocycles. The summed E-state index contributed by atoms with van der Waals surface area (Å²) in [4.78, 5) is 28.7. The molecule has 1 aliphatic heterocycles. The number of benzene rings is 1. The standard InChI is InChI=1S/C21H26N2O4/c1-14(20(24)23-11-7-9-16-8-5-6-10-19(16)23)22(3)13-17-12-18(15(2)27-17)21(25)26-4/h5-6,8,10,12,14H,7,9,11,13H2,1-4H3. The predicted octanol–water partition coefficient (Wildman–Crippen LogP) is 3.17. The highest BCUT2D eigenvalue weighted by Crippen LogP contribution is 2.28. The van der Waals surface area contributed by atoms with Gasteiger partial charge in [-0.2, -0.15) is 0 Å². The Kier molecular flexibility index (Phi) is 5.65. The first kappa shape index (κ1) is 19.2. The highest BCUT2D eigenvalue weighted by molar-refractivity contribution is 5.98. The van der Waals surface area contributed by atoms with E-state index in [1.807, 2.05) is 42.0 Å². The van der Waals surface area contributed by atoms with Gasteiger partial charge in [0.25, 0.3) is 0 Å². The molecule has 6 heteroatoms. The molecule has 1 amide bonds. The Hall–Kier alpha value is -2.60. The summed E-state index contributed by atoms with van der Waals surface area (Å²) in [6, 6.07) is 9.45.